The van der Waals surface area contributed by atoms with E-state index in [1.807, 2.05) is 36.1 Å². The summed E-state index contributed by atoms with van der Waals surface area (Å²) in [5.74, 6) is 0.219. The van der Waals surface area contributed by atoms with Crippen molar-refractivity contribution in [3.63, 3.8) is 0 Å². The molecule has 0 saturated carbocycles. The van der Waals surface area contributed by atoms with Gasteiger partial charge in [0.1, 0.15) is 0 Å². The minimum Gasteiger partial charge on any atom is -0.342 e. The van der Waals surface area contributed by atoms with Gasteiger partial charge in [0.2, 0.25) is 15.9 Å². The van der Waals surface area contributed by atoms with Gasteiger partial charge in [0.25, 0.3) is 0 Å². The summed E-state index contributed by atoms with van der Waals surface area (Å²) in [4.78, 5) is 14.8. The number of rotatable bonds is 6. The lowest BCUT2D eigenvalue weighted by Crippen LogP contribution is -2.44. The van der Waals surface area contributed by atoms with Crippen LogP contribution in [0.25, 0.3) is 0 Å². The second-order valence-corrected chi connectivity index (χ2v) is 10.00. The molecule has 2 aromatic rings. The minimum absolute atomic E-state index is 0.0911. The molecular weight excluding hydrogens is 440 g/mol. The first kappa shape index (κ1) is 21.0. The lowest BCUT2D eigenvalue weighted by molar-refractivity contribution is -0.132. The van der Waals surface area contributed by atoms with Crippen LogP contribution in [-0.4, -0.2) is 38.9 Å². The van der Waals surface area contributed by atoms with Crippen molar-refractivity contribution in [2.75, 3.05) is 19.6 Å². The Kier molecular flexibility index (Phi) is 6.91. The van der Waals surface area contributed by atoms with E-state index in [1.165, 1.54) is 0 Å². The van der Waals surface area contributed by atoms with Crippen molar-refractivity contribution in [1.82, 2.24) is 9.62 Å². The van der Waals surface area contributed by atoms with Gasteiger partial charge in [0.15, 0.2) is 0 Å². The number of benzene rings is 2. The maximum absolute atomic E-state index is 12.6. The van der Waals surface area contributed by atoms with Gasteiger partial charge in [-0.25, -0.2) is 13.1 Å². The number of carbonyl (C=O) groups excluding carboxylic acids is 1. The zero-order valence-corrected chi connectivity index (χ0v) is 18.3. The van der Waals surface area contributed by atoms with Crippen LogP contribution in [0.4, 0.5) is 0 Å². The number of hydrogen-bond acceptors (Lipinski definition) is 3. The third-order valence-corrected chi connectivity index (χ3v) is 7.00. The Hall–Kier alpha value is -1.70. The third kappa shape index (κ3) is 5.65. The molecule has 2 aromatic carbocycles. The van der Waals surface area contributed by atoms with Gasteiger partial charge in [-0.05, 0) is 55.5 Å². The van der Waals surface area contributed by atoms with Crippen molar-refractivity contribution in [2.24, 2.45) is 5.92 Å². The Morgan fingerprint density at radius 3 is 2.50 bits per heavy atom. The largest absolute Gasteiger partial charge is 0.342 e. The summed E-state index contributed by atoms with van der Waals surface area (Å²) in [6.07, 6.45) is 2.18. The highest BCUT2D eigenvalue weighted by atomic mass is 79.9. The highest BCUT2D eigenvalue weighted by molar-refractivity contribution is 9.10. The standard InChI is InChI=1S/C21H25BrN2O3S/c1-16-4-10-20(11-5-16)28(26,27)23-14-18-3-2-12-24(15-18)21(25)13-17-6-8-19(22)9-7-17/h4-11,18,23H,2-3,12-15H2,1H3. The van der Waals surface area contributed by atoms with Crippen LogP contribution < -0.4 is 4.72 Å². The fraction of sp³-hybridized carbons (Fsp3) is 0.381. The molecule has 1 unspecified atom stereocenters. The van der Waals surface area contributed by atoms with Gasteiger partial charge in [-0.3, -0.25) is 4.79 Å². The third-order valence-electron chi connectivity index (χ3n) is 5.03. The number of sulfonamides is 1. The molecule has 7 heteroatoms. The van der Waals surface area contributed by atoms with Crippen LogP contribution in [0.5, 0.6) is 0 Å². The number of aryl methyl sites for hydroxylation is 1. The Labute approximate surface area is 175 Å². The summed E-state index contributed by atoms with van der Waals surface area (Å²) in [7, 11) is -3.52. The zero-order chi connectivity index (χ0) is 20.1. The molecule has 1 atom stereocenters. The Balaban J connectivity index is 1.55. The maximum atomic E-state index is 12.6. The van der Waals surface area contributed by atoms with E-state index in [0.717, 1.165) is 35.0 Å². The van der Waals surface area contributed by atoms with Gasteiger partial charge >= 0.3 is 0 Å². The van der Waals surface area contributed by atoms with Crippen molar-refractivity contribution in [2.45, 2.75) is 31.1 Å². The summed E-state index contributed by atoms with van der Waals surface area (Å²) in [6, 6.07) is 14.6. The Bertz CT molecular complexity index is 912. The van der Waals surface area contributed by atoms with Crippen LogP contribution in [0.3, 0.4) is 0 Å². The van der Waals surface area contributed by atoms with Gasteiger partial charge in [-0.1, -0.05) is 45.8 Å². The van der Waals surface area contributed by atoms with Crippen LogP contribution in [0, 0.1) is 12.8 Å². The van der Waals surface area contributed by atoms with Gasteiger partial charge in [0.05, 0.1) is 11.3 Å². The summed E-state index contributed by atoms with van der Waals surface area (Å²) in [6.45, 7) is 3.59. The van der Waals surface area contributed by atoms with Gasteiger partial charge < -0.3 is 4.90 Å². The fourth-order valence-electron chi connectivity index (χ4n) is 3.38. The molecule has 0 aromatic heterocycles. The topological polar surface area (TPSA) is 66.5 Å². The predicted octanol–water partition coefficient (Wildman–Crippen LogP) is 3.52. The van der Waals surface area contributed by atoms with E-state index in [1.54, 1.807) is 24.3 Å². The number of nitrogens with one attached hydrogen (secondary N) is 1. The van der Waals surface area contributed by atoms with E-state index >= 15 is 0 Å². The molecule has 1 fully saturated rings. The normalized spacial score (nSPS) is 17.5. The van der Waals surface area contributed by atoms with E-state index < -0.39 is 10.0 Å². The van der Waals surface area contributed by atoms with Crippen molar-refractivity contribution in [3.05, 3.63) is 64.1 Å². The lowest BCUT2D eigenvalue weighted by atomic mass is 9.97. The second kappa shape index (κ2) is 9.20. The quantitative estimate of drug-likeness (QED) is 0.710. The summed E-state index contributed by atoms with van der Waals surface area (Å²) in [5.41, 5.74) is 2.00. The SMILES string of the molecule is Cc1ccc(S(=O)(=O)NCC2CCCN(C(=O)Cc3ccc(Br)cc3)C2)cc1. The first-order chi connectivity index (χ1) is 13.3. The number of hydrogen-bond donors (Lipinski definition) is 1. The van der Waals surface area contributed by atoms with Crippen LogP contribution in [0.1, 0.15) is 24.0 Å². The van der Waals surface area contributed by atoms with Gasteiger partial charge in [0, 0.05) is 24.1 Å². The summed E-state index contributed by atoms with van der Waals surface area (Å²) >= 11 is 3.40. The van der Waals surface area contributed by atoms with Crippen molar-refractivity contribution in [1.29, 1.82) is 0 Å². The summed E-state index contributed by atoms with van der Waals surface area (Å²) in [5, 5.41) is 0. The first-order valence-corrected chi connectivity index (χ1v) is 11.7. The van der Waals surface area contributed by atoms with E-state index in [0.29, 0.717) is 19.5 Å². The molecule has 1 aliphatic heterocycles. The monoisotopic (exact) mass is 464 g/mol. The number of carbonyl (C=O) groups is 1. The van der Waals surface area contributed by atoms with E-state index in [9.17, 15) is 13.2 Å². The van der Waals surface area contributed by atoms with Crippen LogP contribution in [0.15, 0.2) is 57.9 Å². The molecule has 0 radical (unpaired) electrons. The molecule has 1 amide bonds. The van der Waals surface area contributed by atoms with Gasteiger partial charge in [-0.15, -0.1) is 0 Å². The Morgan fingerprint density at radius 1 is 1.14 bits per heavy atom. The number of nitrogens with zero attached hydrogens (tertiary/aromatic N) is 1. The first-order valence-electron chi connectivity index (χ1n) is 9.42. The average molecular weight is 465 g/mol. The van der Waals surface area contributed by atoms with E-state index in [-0.39, 0.29) is 16.7 Å². The van der Waals surface area contributed by atoms with Crippen molar-refractivity contribution >= 4 is 31.9 Å². The molecule has 1 saturated heterocycles. The van der Waals surface area contributed by atoms with Crippen LogP contribution >= 0.6 is 15.9 Å². The smallest absolute Gasteiger partial charge is 0.240 e. The van der Waals surface area contributed by atoms with Gasteiger partial charge in [-0.2, -0.15) is 0 Å². The lowest BCUT2D eigenvalue weighted by Gasteiger charge is -2.33. The molecule has 150 valence electrons. The molecule has 0 spiro atoms. The molecule has 1 aliphatic rings. The number of amides is 1. The fourth-order valence-corrected chi connectivity index (χ4v) is 4.76. The Morgan fingerprint density at radius 2 is 1.82 bits per heavy atom. The predicted molar refractivity (Wildman–Crippen MR) is 114 cm³/mol. The molecule has 0 aliphatic carbocycles. The number of piperidine rings is 1. The summed E-state index contributed by atoms with van der Waals surface area (Å²) < 4.78 is 28.6. The van der Waals surface area contributed by atoms with Crippen molar-refractivity contribution in [3.8, 4) is 0 Å². The molecular formula is C21H25BrN2O3S. The molecule has 28 heavy (non-hydrogen) atoms. The van der Waals surface area contributed by atoms with Crippen LogP contribution in [0.2, 0.25) is 0 Å². The van der Waals surface area contributed by atoms with E-state index in [2.05, 4.69) is 20.7 Å². The molecule has 0 bridgehead atoms. The minimum atomic E-state index is -3.52. The molecule has 5 nitrogen and oxygen atoms in total. The molecule has 1 N–H and O–H groups in total. The molecule has 1 heterocycles. The zero-order valence-electron chi connectivity index (χ0n) is 15.9. The maximum Gasteiger partial charge on any atom is 0.240 e. The van der Waals surface area contributed by atoms with E-state index in [4.69, 9.17) is 0 Å². The number of likely N-dealkylation sites (tertiary alicyclic amines) is 1. The highest BCUT2D eigenvalue weighted by Gasteiger charge is 2.25. The van der Waals surface area contributed by atoms with Crippen molar-refractivity contribution < 1.29 is 13.2 Å². The second-order valence-electron chi connectivity index (χ2n) is 7.32. The highest BCUT2D eigenvalue weighted by Crippen LogP contribution is 2.19. The molecule has 3 rings (SSSR count). The average Bonchev–Trinajstić information content (AvgIpc) is 2.69. The number of halogens is 1. The van der Waals surface area contributed by atoms with Crippen LogP contribution in [-0.2, 0) is 21.2 Å².